The van der Waals surface area contributed by atoms with Crippen LogP contribution in [0.25, 0.3) is 0 Å². The van der Waals surface area contributed by atoms with E-state index >= 15 is 0 Å². The molecule has 0 aromatic heterocycles. The highest BCUT2D eigenvalue weighted by atomic mass is 16.5. The molecule has 1 saturated carbocycles. The Bertz CT molecular complexity index is 535. The van der Waals surface area contributed by atoms with Gasteiger partial charge >= 0.3 is 5.97 Å². The van der Waals surface area contributed by atoms with Gasteiger partial charge in [-0.1, -0.05) is 63.4 Å². The standard InChI is InChI=1S/C21H31NO3/c1-16(2)13-19(21(24)25-15-18-11-7-4-8-12-18)22-20(23)14-17-9-5-3-6-10-17/h4,7-8,11-12,16-17,19H,3,5-6,9-10,13-15H2,1-2H3,(H,22,23)/t19-/m0/s1. The largest absolute Gasteiger partial charge is 0.459 e. The first-order chi connectivity index (χ1) is 12.0. The summed E-state index contributed by atoms with van der Waals surface area (Å²) in [5, 5.41) is 2.92. The Morgan fingerprint density at radius 2 is 1.80 bits per heavy atom. The number of nitrogens with one attached hydrogen (secondary N) is 1. The van der Waals surface area contributed by atoms with Crippen LogP contribution in [0.5, 0.6) is 0 Å². The summed E-state index contributed by atoms with van der Waals surface area (Å²) in [6, 6.07) is 9.05. The van der Waals surface area contributed by atoms with E-state index in [9.17, 15) is 9.59 Å². The van der Waals surface area contributed by atoms with Crippen molar-refractivity contribution >= 4 is 11.9 Å². The van der Waals surface area contributed by atoms with Gasteiger partial charge in [-0.25, -0.2) is 4.79 Å². The minimum atomic E-state index is -0.556. The number of hydrogen-bond donors (Lipinski definition) is 1. The van der Waals surface area contributed by atoms with Crippen LogP contribution in [-0.2, 0) is 20.9 Å². The first kappa shape index (κ1) is 19.5. The van der Waals surface area contributed by atoms with Crippen molar-refractivity contribution in [2.24, 2.45) is 11.8 Å². The first-order valence-electron chi connectivity index (χ1n) is 9.54. The Morgan fingerprint density at radius 1 is 1.12 bits per heavy atom. The lowest BCUT2D eigenvalue weighted by Gasteiger charge is -2.23. The molecule has 0 unspecified atom stereocenters. The molecule has 0 bridgehead atoms. The second kappa shape index (κ2) is 10.2. The minimum absolute atomic E-state index is 0.0192. The smallest absolute Gasteiger partial charge is 0.328 e. The van der Waals surface area contributed by atoms with Gasteiger partial charge in [0.2, 0.25) is 5.91 Å². The van der Waals surface area contributed by atoms with E-state index in [2.05, 4.69) is 5.32 Å². The van der Waals surface area contributed by atoms with Crippen LogP contribution in [-0.4, -0.2) is 17.9 Å². The van der Waals surface area contributed by atoms with E-state index in [1.165, 1.54) is 19.3 Å². The van der Waals surface area contributed by atoms with Gasteiger partial charge in [-0.05, 0) is 36.7 Å². The fourth-order valence-corrected chi connectivity index (χ4v) is 3.42. The van der Waals surface area contributed by atoms with Crippen molar-refractivity contribution in [1.29, 1.82) is 0 Å². The molecule has 1 aromatic rings. The topological polar surface area (TPSA) is 55.4 Å². The molecule has 4 nitrogen and oxygen atoms in total. The zero-order valence-corrected chi connectivity index (χ0v) is 15.5. The molecule has 1 aliphatic rings. The monoisotopic (exact) mass is 345 g/mol. The third-order valence-electron chi connectivity index (χ3n) is 4.75. The van der Waals surface area contributed by atoms with Crippen LogP contribution in [0.4, 0.5) is 0 Å². The van der Waals surface area contributed by atoms with E-state index in [0.717, 1.165) is 18.4 Å². The first-order valence-corrected chi connectivity index (χ1v) is 9.54. The molecule has 1 aromatic carbocycles. The van der Waals surface area contributed by atoms with Crippen LogP contribution in [0.1, 0.15) is 64.4 Å². The molecular weight excluding hydrogens is 314 g/mol. The highest BCUT2D eigenvalue weighted by Gasteiger charge is 2.25. The summed E-state index contributed by atoms with van der Waals surface area (Å²) in [4.78, 5) is 24.8. The normalized spacial score (nSPS) is 16.4. The molecule has 1 N–H and O–H groups in total. The van der Waals surface area contributed by atoms with Gasteiger partial charge in [-0.15, -0.1) is 0 Å². The van der Waals surface area contributed by atoms with Crippen LogP contribution < -0.4 is 5.32 Å². The van der Waals surface area contributed by atoms with Crippen molar-refractivity contribution in [3.05, 3.63) is 35.9 Å². The Hall–Kier alpha value is -1.84. The molecule has 1 atom stereocenters. The molecule has 0 radical (unpaired) electrons. The van der Waals surface area contributed by atoms with Crippen molar-refractivity contribution in [3.8, 4) is 0 Å². The SMILES string of the molecule is CC(C)C[C@H](NC(=O)CC1CCCCC1)C(=O)OCc1ccccc1. The summed E-state index contributed by atoms with van der Waals surface area (Å²) >= 11 is 0. The van der Waals surface area contributed by atoms with Crippen LogP contribution in [0.3, 0.4) is 0 Å². The third kappa shape index (κ3) is 7.29. The van der Waals surface area contributed by atoms with Crippen LogP contribution in [0, 0.1) is 11.8 Å². The highest BCUT2D eigenvalue weighted by molar-refractivity contribution is 5.84. The number of carbonyl (C=O) groups is 2. The molecule has 0 heterocycles. The number of rotatable bonds is 8. The van der Waals surface area contributed by atoms with E-state index < -0.39 is 6.04 Å². The zero-order chi connectivity index (χ0) is 18.1. The molecule has 25 heavy (non-hydrogen) atoms. The van der Waals surface area contributed by atoms with E-state index in [1.807, 2.05) is 44.2 Å². The maximum atomic E-state index is 12.4. The molecule has 0 aliphatic heterocycles. The molecule has 0 saturated heterocycles. The maximum Gasteiger partial charge on any atom is 0.328 e. The van der Waals surface area contributed by atoms with Crippen molar-refractivity contribution in [2.45, 2.75) is 71.4 Å². The quantitative estimate of drug-likeness (QED) is 0.717. The van der Waals surface area contributed by atoms with Gasteiger partial charge < -0.3 is 10.1 Å². The van der Waals surface area contributed by atoms with Gasteiger partial charge in [0, 0.05) is 6.42 Å². The van der Waals surface area contributed by atoms with Gasteiger partial charge in [-0.2, -0.15) is 0 Å². The second-order valence-electron chi connectivity index (χ2n) is 7.55. The summed E-state index contributed by atoms with van der Waals surface area (Å²) in [5.74, 6) is 0.418. The third-order valence-corrected chi connectivity index (χ3v) is 4.75. The minimum Gasteiger partial charge on any atom is -0.459 e. The van der Waals surface area contributed by atoms with E-state index in [-0.39, 0.29) is 18.5 Å². The molecule has 0 spiro atoms. The van der Waals surface area contributed by atoms with Crippen molar-refractivity contribution < 1.29 is 14.3 Å². The van der Waals surface area contributed by atoms with E-state index in [0.29, 0.717) is 24.7 Å². The summed E-state index contributed by atoms with van der Waals surface area (Å²) in [6.45, 7) is 4.34. The summed E-state index contributed by atoms with van der Waals surface area (Å²) < 4.78 is 5.43. The van der Waals surface area contributed by atoms with Crippen molar-refractivity contribution in [2.75, 3.05) is 0 Å². The lowest BCUT2D eigenvalue weighted by Crippen LogP contribution is -2.43. The molecule has 1 amide bonds. The van der Waals surface area contributed by atoms with Crippen LogP contribution in [0.15, 0.2) is 30.3 Å². The summed E-state index contributed by atoms with van der Waals surface area (Å²) in [5.41, 5.74) is 0.952. The molecule has 1 aliphatic carbocycles. The average Bonchev–Trinajstić information content (AvgIpc) is 2.60. The molecule has 1 fully saturated rings. The van der Waals surface area contributed by atoms with Crippen LogP contribution >= 0.6 is 0 Å². The Morgan fingerprint density at radius 3 is 2.44 bits per heavy atom. The number of carbonyl (C=O) groups excluding carboxylic acids is 2. The van der Waals surface area contributed by atoms with Crippen molar-refractivity contribution in [3.63, 3.8) is 0 Å². The van der Waals surface area contributed by atoms with E-state index in [4.69, 9.17) is 4.74 Å². The predicted octanol–water partition coefficient (Wildman–Crippen LogP) is 4.23. The average molecular weight is 345 g/mol. The number of ether oxygens (including phenoxy) is 1. The zero-order valence-electron chi connectivity index (χ0n) is 15.5. The Labute approximate surface area is 151 Å². The predicted molar refractivity (Wildman–Crippen MR) is 98.8 cm³/mol. The number of hydrogen-bond acceptors (Lipinski definition) is 3. The fraction of sp³-hybridized carbons (Fsp3) is 0.619. The van der Waals surface area contributed by atoms with Crippen LogP contribution in [0.2, 0.25) is 0 Å². The lowest BCUT2D eigenvalue weighted by atomic mass is 9.87. The lowest BCUT2D eigenvalue weighted by molar-refractivity contribution is -0.149. The summed E-state index contributed by atoms with van der Waals surface area (Å²) in [6.07, 6.45) is 7.09. The number of benzene rings is 1. The Kier molecular flexibility index (Phi) is 7.96. The van der Waals surface area contributed by atoms with Gasteiger partial charge in [0.15, 0.2) is 0 Å². The highest BCUT2D eigenvalue weighted by Crippen LogP contribution is 2.26. The van der Waals surface area contributed by atoms with Gasteiger partial charge in [0.1, 0.15) is 12.6 Å². The molecule has 138 valence electrons. The Balaban J connectivity index is 1.85. The maximum absolute atomic E-state index is 12.4. The van der Waals surface area contributed by atoms with Gasteiger partial charge in [0.25, 0.3) is 0 Å². The second-order valence-corrected chi connectivity index (χ2v) is 7.55. The van der Waals surface area contributed by atoms with Crippen molar-refractivity contribution in [1.82, 2.24) is 5.32 Å². The number of esters is 1. The summed E-state index contributed by atoms with van der Waals surface area (Å²) in [7, 11) is 0. The molecule has 4 heteroatoms. The van der Waals surface area contributed by atoms with Gasteiger partial charge in [-0.3, -0.25) is 4.79 Å². The molecular formula is C21H31NO3. The van der Waals surface area contributed by atoms with E-state index in [1.54, 1.807) is 0 Å². The number of amides is 1. The fourth-order valence-electron chi connectivity index (χ4n) is 3.42. The molecule has 2 rings (SSSR count). The van der Waals surface area contributed by atoms with Gasteiger partial charge in [0.05, 0.1) is 0 Å².